The van der Waals surface area contributed by atoms with Crippen molar-refractivity contribution in [3.63, 3.8) is 0 Å². The van der Waals surface area contributed by atoms with Crippen molar-refractivity contribution in [1.29, 1.82) is 0 Å². The number of alkyl halides is 3. The quantitative estimate of drug-likeness (QED) is 0.316. The van der Waals surface area contributed by atoms with E-state index in [0.717, 1.165) is 22.6 Å². The Morgan fingerprint density at radius 2 is 1.91 bits per heavy atom. The molecule has 10 heteroatoms. The molecular formula is C25H18F3NO6. The number of hydrogen-bond donors (Lipinski definition) is 1. The lowest BCUT2D eigenvalue weighted by Crippen LogP contribution is -2.29. The van der Waals surface area contributed by atoms with Gasteiger partial charge in [-0.3, -0.25) is 14.5 Å². The van der Waals surface area contributed by atoms with Crippen molar-refractivity contribution in [2.45, 2.75) is 25.7 Å². The number of anilines is 1. The monoisotopic (exact) mass is 485 g/mol. The van der Waals surface area contributed by atoms with E-state index >= 15 is 0 Å². The molecule has 1 aromatic heterocycles. The van der Waals surface area contributed by atoms with Gasteiger partial charge in [0.05, 0.1) is 12.2 Å². The average molecular weight is 485 g/mol. The number of nitrogens with zero attached hydrogens (tertiary/aromatic N) is 1. The third kappa shape index (κ3) is 4.11. The highest BCUT2D eigenvalue weighted by atomic mass is 19.4. The number of hydrogen-bond acceptors (Lipinski definition) is 6. The first-order valence-corrected chi connectivity index (χ1v) is 10.6. The van der Waals surface area contributed by atoms with E-state index in [9.17, 15) is 27.9 Å². The van der Waals surface area contributed by atoms with Crippen molar-refractivity contribution in [2.24, 2.45) is 0 Å². The van der Waals surface area contributed by atoms with Crippen LogP contribution in [0.5, 0.6) is 11.5 Å². The lowest BCUT2D eigenvalue weighted by atomic mass is 9.98. The molecule has 7 nitrogen and oxygen atoms in total. The second kappa shape index (κ2) is 8.23. The summed E-state index contributed by atoms with van der Waals surface area (Å²) in [4.78, 5) is 27.3. The molecule has 3 aromatic rings. The zero-order chi connectivity index (χ0) is 24.9. The summed E-state index contributed by atoms with van der Waals surface area (Å²) in [6.07, 6.45) is -4.32. The Morgan fingerprint density at radius 3 is 2.63 bits per heavy atom. The van der Waals surface area contributed by atoms with Crippen molar-refractivity contribution >= 4 is 23.1 Å². The first-order valence-electron chi connectivity index (χ1n) is 10.6. The van der Waals surface area contributed by atoms with Gasteiger partial charge in [0, 0.05) is 23.7 Å². The van der Waals surface area contributed by atoms with Crippen LogP contribution < -0.4 is 14.4 Å². The molecule has 2 aliphatic rings. The highest BCUT2D eigenvalue weighted by Gasteiger charge is 2.48. The first-order chi connectivity index (χ1) is 16.6. The third-order valence-electron chi connectivity index (χ3n) is 5.77. The number of aliphatic hydroxyl groups is 1. The number of Topliss-reactive ketones (excluding diaryl/α,β-unsaturated/α-hetero) is 1. The smallest absolute Gasteiger partial charge is 0.507 e. The van der Waals surface area contributed by atoms with E-state index in [1.165, 1.54) is 12.1 Å². The van der Waals surface area contributed by atoms with Gasteiger partial charge >= 0.3 is 6.36 Å². The van der Waals surface area contributed by atoms with Gasteiger partial charge in [-0.2, -0.15) is 0 Å². The summed E-state index contributed by atoms with van der Waals surface area (Å²) in [5.74, 6) is -1.71. The summed E-state index contributed by atoms with van der Waals surface area (Å²) in [6.45, 7) is 2.15. The Hall–Kier alpha value is -4.21. The maximum Gasteiger partial charge on any atom is 0.573 e. The molecule has 0 aliphatic carbocycles. The van der Waals surface area contributed by atoms with E-state index in [2.05, 4.69) is 4.74 Å². The predicted octanol–water partition coefficient (Wildman–Crippen LogP) is 5.05. The number of benzene rings is 2. The van der Waals surface area contributed by atoms with Gasteiger partial charge in [0.25, 0.3) is 11.7 Å². The average Bonchev–Trinajstić information content (AvgIpc) is 3.50. The largest absolute Gasteiger partial charge is 0.573 e. The fourth-order valence-corrected chi connectivity index (χ4v) is 4.29. The molecule has 1 saturated heterocycles. The Morgan fingerprint density at radius 1 is 1.11 bits per heavy atom. The maximum absolute atomic E-state index is 13.2. The van der Waals surface area contributed by atoms with Crippen LogP contribution in [0.3, 0.4) is 0 Å². The van der Waals surface area contributed by atoms with E-state index in [1.807, 2.05) is 0 Å². The molecule has 35 heavy (non-hydrogen) atoms. The molecule has 180 valence electrons. The first kappa shape index (κ1) is 22.6. The molecule has 0 bridgehead atoms. The highest BCUT2D eigenvalue weighted by molar-refractivity contribution is 6.51. The van der Waals surface area contributed by atoms with Crippen LogP contribution in [-0.2, 0) is 16.0 Å². The molecule has 2 aromatic carbocycles. The van der Waals surface area contributed by atoms with Crippen LogP contribution >= 0.6 is 0 Å². The zero-order valence-corrected chi connectivity index (χ0v) is 18.3. The Balaban J connectivity index is 1.65. The molecule has 2 aliphatic heterocycles. The van der Waals surface area contributed by atoms with Gasteiger partial charge < -0.3 is 19.0 Å². The molecule has 1 fully saturated rings. The molecule has 1 unspecified atom stereocenters. The van der Waals surface area contributed by atoms with Gasteiger partial charge in [0.15, 0.2) is 0 Å². The van der Waals surface area contributed by atoms with Gasteiger partial charge in [0.2, 0.25) is 0 Å². The number of carbonyl (C=O) groups is 2. The molecule has 1 amide bonds. The van der Waals surface area contributed by atoms with Crippen LogP contribution in [0.4, 0.5) is 18.9 Å². The van der Waals surface area contributed by atoms with Crippen LogP contribution in [0.2, 0.25) is 0 Å². The number of rotatable bonds is 4. The fourth-order valence-electron chi connectivity index (χ4n) is 4.29. The van der Waals surface area contributed by atoms with Crippen LogP contribution in [-0.4, -0.2) is 29.8 Å². The molecule has 0 saturated carbocycles. The predicted molar refractivity (Wildman–Crippen MR) is 117 cm³/mol. The molecule has 3 heterocycles. The molecule has 0 radical (unpaired) electrons. The van der Waals surface area contributed by atoms with Crippen molar-refractivity contribution in [3.8, 4) is 11.5 Å². The number of aliphatic hydroxyl groups excluding tert-OH is 1. The second-order valence-corrected chi connectivity index (χ2v) is 8.08. The highest BCUT2D eigenvalue weighted by Crippen LogP contribution is 2.44. The summed E-state index contributed by atoms with van der Waals surface area (Å²) in [6, 6.07) is 11.5. The summed E-state index contributed by atoms with van der Waals surface area (Å²) >= 11 is 0. The lowest BCUT2D eigenvalue weighted by molar-refractivity contribution is -0.274. The van der Waals surface area contributed by atoms with Gasteiger partial charge in [0.1, 0.15) is 34.8 Å². The van der Waals surface area contributed by atoms with Gasteiger partial charge in [-0.05, 0) is 55.0 Å². The van der Waals surface area contributed by atoms with Gasteiger partial charge in [-0.15, -0.1) is 13.2 Å². The molecule has 1 atom stereocenters. The zero-order valence-electron chi connectivity index (χ0n) is 18.3. The van der Waals surface area contributed by atoms with Crippen LogP contribution in [0, 0.1) is 6.92 Å². The number of aryl methyl sites for hydroxylation is 1. The van der Waals surface area contributed by atoms with Crippen molar-refractivity contribution in [3.05, 3.63) is 82.8 Å². The topological polar surface area (TPSA) is 89.2 Å². The van der Waals surface area contributed by atoms with Crippen molar-refractivity contribution in [2.75, 3.05) is 11.5 Å². The number of halogens is 3. The van der Waals surface area contributed by atoms with E-state index in [0.29, 0.717) is 30.1 Å². The van der Waals surface area contributed by atoms with E-state index in [4.69, 9.17) is 9.15 Å². The van der Waals surface area contributed by atoms with Crippen molar-refractivity contribution in [1.82, 2.24) is 0 Å². The minimum Gasteiger partial charge on any atom is -0.507 e. The van der Waals surface area contributed by atoms with Crippen LogP contribution in [0.25, 0.3) is 5.76 Å². The molecule has 0 spiro atoms. The third-order valence-corrected chi connectivity index (χ3v) is 5.77. The van der Waals surface area contributed by atoms with E-state index in [1.54, 1.807) is 37.3 Å². The normalized spacial score (nSPS) is 19.1. The standard InChI is InChI=1S/C25H18F3NO6/c1-13-5-7-19(34-13)21-20(22(30)15-6-8-18-14(11-15)9-10-33-18)23(31)24(32)29(21)16-3-2-4-17(12-16)35-25(26,27)28/h2-8,11-12,21,30H,9-10H2,1H3/b22-20-. The van der Waals surface area contributed by atoms with Crippen LogP contribution in [0.15, 0.2) is 64.6 Å². The van der Waals surface area contributed by atoms with E-state index < -0.39 is 35.6 Å². The Kier molecular flexibility index (Phi) is 5.31. The Labute approximate surface area is 197 Å². The summed E-state index contributed by atoms with van der Waals surface area (Å²) in [7, 11) is 0. The number of fused-ring (bicyclic) bond motifs is 1. The number of ketones is 1. The van der Waals surface area contributed by atoms with Crippen molar-refractivity contribution < 1.29 is 41.8 Å². The summed E-state index contributed by atoms with van der Waals surface area (Å²) in [5.41, 5.74) is 0.861. The Bertz CT molecular complexity index is 1370. The summed E-state index contributed by atoms with van der Waals surface area (Å²) < 4.78 is 53.4. The minimum atomic E-state index is -4.94. The van der Waals surface area contributed by atoms with Gasteiger partial charge in [-0.25, -0.2) is 0 Å². The SMILES string of the molecule is Cc1ccc(C2/C(=C(/O)c3ccc4c(c3)CCO4)C(=O)C(=O)N2c2cccc(OC(F)(F)F)c2)o1. The number of ether oxygens (including phenoxy) is 2. The molecule has 1 N–H and O–H groups in total. The minimum absolute atomic E-state index is 0.0330. The fraction of sp³-hybridized carbons (Fsp3) is 0.200. The second-order valence-electron chi connectivity index (χ2n) is 8.08. The molecular weight excluding hydrogens is 467 g/mol. The van der Waals surface area contributed by atoms with Crippen LogP contribution in [0.1, 0.15) is 28.7 Å². The number of furan rings is 1. The number of amides is 1. The molecule has 5 rings (SSSR count). The lowest BCUT2D eigenvalue weighted by Gasteiger charge is -2.24. The maximum atomic E-state index is 13.2. The number of carbonyl (C=O) groups excluding carboxylic acids is 2. The van der Waals surface area contributed by atoms with Gasteiger partial charge in [-0.1, -0.05) is 6.07 Å². The van der Waals surface area contributed by atoms with E-state index in [-0.39, 0.29) is 17.0 Å². The summed E-state index contributed by atoms with van der Waals surface area (Å²) in [5, 5.41) is 11.2.